The molecule has 0 fully saturated rings. The Morgan fingerprint density at radius 1 is 0.926 bits per heavy atom. The molecule has 7 rings (SSSR count). The maximum Gasteiger partial charge on any atom is 0.190 e. The summed E-state index contributed by atoms with van der Waals surface area (Å²) >= 11 is 0. The zero-order valence-electron chi connectivity index (χ0n) is 14.5. The molecule has 27 heavy (non-hydrogen) atoms. The van der Waals surface area contributed by atoms with Gasteiger partial charge in [0.25, 0.3) is 0 Å². The maximum atomic E-state index is 14.3. The molecule has 0 saturated carbocycles. The van der Waals surface area contributed by atoms with Crippen molar-refractivity contribution in [2.75, 3.05) is 0 Å². The minimum absolute atomic E-state index is 0.0235. The Labute approximate surface area is 155 Å². The van der Waals surface area contributed by atoms with Crippen molar-refractivity contribution in [3.05, 3.63) is 114 Å². The summed E-state index contributed by atoms with van der Waals surface area (Å²) in [4.78, 5) is 0. The highest BCUT2D eigenvalue weighted by Gasteiger charge is 2.60. The molecular weight excluding hydrogens is 341 g/mol. The Morgan fingerprint density at radius 3 is 2.41 bits per heavy atom. The SMILES string of the molecule is Fc1ccc2c(c1)[C@@H]1c3cccc[n+]3[C@H]2CC1(c1ccoc1)c1ccoc1. The molecule has 0 saturated heterocycles. The summed E-state index contributed by atoms with van der Waals surface area (Å²) in [5.74, 6) is -0.221. The van der Waals surface area contributed by atoms with Crippen LogP contribution >= 0.6 is 0 Å². The van der Waals surface area contributed by atoms with Crippen LogP contribution in [0.5, 0.6) is 0 Å². The maximum absolute atomic E-state index is 14.3. The van der Waals surface area contributed by atoms with Crippen molar-refractivity contribution in [3.63, 3.8) is 0 Å². The molecule has 3 aliphatic rings. The molecule has 3 aromatic heterocycles. The van der Waals surface area contributed by atoms with Gasteiger partial charge in [0, 0.05) is 35.2 Å². The summed E-state index contributed by atoms with van der Waals surface area (Å²) in [6, 6.07) is 15.7. The molecule has 4 aromatic rings. The third kappa shape index (κ3) is 1.82. The van der Waals surface area contributed by atoms with Crippen molar-refractivity contribution in [3.8, 4) is 0 Å². The van der Waals surface area contributed by atoms with Crippen molar-refractivity contribution in [1.29, 1.82) is 0 Å². The van der Waals surface area contributed by atoms with Gasteiger partial charge >= 0.3 is 0 Å². The van der Waals surface area contributed by atoms with Gasteiger partial charge < -0.3 is 8.83 Å². The number of nitrogens with zero attached hydrogens (tertiary/aromatic N) is 1. The summed E-state index contributed by atoms with van der Waals surface area (Å²) in [6.07, 6.45) is 10.1. The van der Waals surface area contributed by atoms with Crippen LogP contribution in [0, 0.1) is 5.82 Å². The first-order chi connectivity index (χ1) is 13.3. The minimum atomic E-state index is -0.354. The second kappa shape index (κ2) is 5.19. The normalized spacial score (nSPS) is 21.7. The minimum Gasteiger partial charge on any atom is -0.472 e. The van der Waals surface area contributed by atoms with Gasteiger partial charge in [-0.3, -0.25) is 0 Å². The molecule has 0 unspecified atom stereocenters. The molecule has 2 aliphatic heterocycles. The molecule has 1 aliphatic carbocycles. The molecule has 5 heterocycles. The predicted molar refractivity (Wildman–Crippen MR) is 95.8 cm³/mol. The lowest BCUT2D eigenvalue weighted by atomic mass is 9.54. The van der Waals surface area contributed by atoms with Crippen LogP contribution < -0.4 is 4.57 Å². The quantitative estimate of drug-likeness (QED) is 0.485. The second-order valence-electron chi connectivity index (χ2n) is 7.45. The van der Waals surface area contributed by atoms with Gasteiger partial charge in [0.1, 0.15) is 5.82 Å². The number of pyridine rings is 1. The van der Waals surface area contributed by atoms with Crippen molar-refractivity contribution in [2.45, 2.75) is 23.8 Å². The van der Waals surface area contributed by atoms with E-state index < -0.39 is 0 Å². The second-order valence-corrected chi connectivity index (χ2v) is 7.45. The van der Waals surface area contributed by atoms with Crippen LogP contribution in [0.2, 0.25) is 0 Å². The van der Waals surface area contributed by atoms with E-state index in [2.05, 4.69) is 29.0 Å². The fourth-order valence-electron chi connectivity index (χ4n) is 5.33. The van der Waals surface area contributed by atoms with Crippen LogP contribution in [-0.2, 0) is 5.41 Å². The first kappa shape index (κ1) is 15.0. The van der Waals surface area contributed by atoms with Gasteiger partial charge in [0.15, 0.2) is 17.9 Å². The zero-order chi connectivity index (χ0) is 18.0. The van der Waals surface area contributed by atoms with Crippen molar-refractivity contribution >= 4 is 0 Å². The van der Waals surface area contributed by atoms with Crippen LogP contribution in [0.3, 0.4) is 0 Å². The zero-order valence-corrected chi connectivity index (χ0v) is 14.5. The number of rotatable bonds is 2. The van der Waals surface area contributed by atoms with Crippen molar-refractivity contribution in [1.82, 2.24) is 0 Å². The monoisotopic (exact) mass is 358 g/mol. The molecule has 0 amide bonds. The Kier molecular flexibility index (Phi) is 2.88. The highest BCUT2D eigenvalue weighted by molar-refractivity contribution is 5.53. The average Bonchev–Trinajstić information content (AvgIpc) is 3.42. The Morgan fingerprint density at radius 2 is 1.70 bits per heavy atom. The van der Waals surface area contributed by atoms with Crippen LogP contribution in [0.1, 0.15) is 46.3 Å². The molecule has 0 radical (unpaired) electrons. The van der Waals surface area contributed by atoms with E-state index in [1.54, 1.807) is 24.7 Å². The van der Waals surface area contributed by atoms with Gasteiger partial charge in [-0.25, -0.2) is 4.39 Å². The van der Waals surface area contributed by atoms with Gasteiger partial charge in [0.05, 0.1) is 36.4 Å². The van der Waals surface area contributed by atoms with E-state index >= 15 is 0 Å². The van der Waals surface area contributed by atoms with E-state index in [-0.39, 0.29) is 23.2 Å². The molecule has 0 N–H and O–H groups in total. The van der Waals surface area contributed by atoms with Gasteiger partial charge in [-0.05, 0) is 35.9 Å². The first-order valence-electron chi connectivity index (χ1n) is 9.14. The standard InChI is InChI=1S/C23H17FNO2/c24-17-4-5-18-19(11-17)22-20-3-1-2-8-25(20)21(18)12-23(22,15-6-9-26-13-15)16-7-10-27-14-16/h1-11,13-14,21-22H,12H2/q+1/t21-,22+/m0/s1. The molecule has 1 aromatic carbocycles. The van der Waals surface area contributed by atoms with Gasteiger partial charge in [-0.1, -0.05) is 6.07 Å². The predicted octanol–water partition coefficient (Wildman–Crippen LogP) is 4.72. The van der Waals surface area contributed by atoms with Crippen molar-refractivity contribution in [2.24, 2.45) is 0 Å². The van der Waals surface area contributed by atoms with Crippen LogP contribution in [-0.4, -0.2) is 0 Å². The molecule has 3 nitrogen and oxygen atoms in total. The average molecular weight is 358 g/mol. The third-order valence-electron chi connectivity index (χ3n) is 6.35. The lowest BCUT2D eigenvalue weighted by Crippen LogP contribution is -2.59. The summed E-state index contributed by atoms with van der Waals surface area (Å²) in [6.45, 7) is 0. The van der Waals surface area contributed by atoms with E-state index in [1.807, 2.05) is 30.7 Å². The smallest absolute Gasteiger partial charge is 0.190 e. The summed E-state index contributed by atoms with van der Waals surface area (Å²) in [5.41, 5.74) is 5.29. The largest absolute Gasteiger partial charge is 0.472 e. The van der Waals surface area contributed by atoms with E-state index in [0.29, 0.717) is 0 Å². The lowest BCUT2D eigenvalue weighted by molar-refractivity contribution is -0.732. The lowest BCUT2D eigenvalue weighted by Gasteiger charge is -2.48. The number of fused-ring (bicyclic) bond motifs is 1. The fraction of sp³-hybridized carbons (Fsp3) is 0.174. The number of benzene rings is 1. The molecule has 0 spiro atoms. The van der Waals surface area contributed by atoms with Crippen LogP contribution in [0.4, 0.5) is 4.39 Å². The number of aromatic nitrogens is 1. The van der Waals surface area contributed by atoms with Gasteiger partial charge in [0.2, 0.25) is 0 Å². The molecule has 4 heteroatoms. The van der Waals surface area contributed by atoms with Gasteiger partial charge in [-0.2, -0.15) is 4.57 Å². The first-order valence-corrected chi connectivity index (χ1v) is 9.14. The fourth-order valence-corrected chi connectivity index (χ4v) is 5.33. The van der Waals surface area contributed by atoms with E-state index in [9.17, 15) is 4.39 Å². The van der Waals surface area contributed by atoms with Gasteiger partial charge in [-0.15, -0.1) is 0 Å². The van der Waals surface area contributed by atoms with E-state index in [1.165, 1.54) is 11.3 Å². The van der Waals surface area contributed by atoms with E-state index in [4.69, 9.17) is 8.83 Å². The molecule has 2 bridgehead atoms. The highest BCUT2D eigenvalue weighted by atomic mass is 19.1. The third-order valence-corrected chi connectivity index (χ3v) is 6.35. The summed E-state index contributed by atoms with van der Waals surface area (Å²) in [7, 11) is 0. The van der Waals surface area contributed by atoms with Crippen molar-refractivity contribution < 1.29 is 17.8 Å². The molecule has 132 valence electrons. The van der Waals surface area contributed by atoms with Crippen LogP contribution in [0.15, 0.2) is 88.6 Å². The van der Waals surface area contributed by atoms with E-state index in [0.717, 1.165) is 23.1 Å². The number of furan rings is 2. The summed E-state index contributed by atoms with van der Waals surface area (Å²) < 4.78 is 27.6. The Hall–Kier alpha value is -3.14. The summed E-state index contributed by atoms with van der Waals surface area (Å²) in [5, 5.41) is 0. The number of halogens is 1. The Bertz CT molecular complexity index is 1100. The topological polar surface area (TPSA) is 30.2 Å². The Balaban J connectivity index is 1.73. The highest BCUT2D eigenvalue weighted by Crippen LogP contribution is 2.59. The molecule has 2 atom stereocenters. The number of hydrogen-bond donors (Lipinski definition) is 0. The molecular formula is C23H17FNO2+. The van der Waals surface area contributed by atoms with Crippen LogP contribution in [0.25, 0.3) is 0 Å². The number of hydrogen-bond acceptors (Lipinski definition) is 2.